The Bertz CT molecular complexity index is 861. The van der Waals surface area contributed by atoms with E-state index in [0.717, 1.165) is 11.3 Å². The average molecular weight is 512 g/mol. The minimum Gasteiger partial charge on any atom is -0.512 e. The Balaban J connectivity index is 0.000000339. The Morgan fingerprint density at radius 1 is 1.12 bits per heavy atom. The van der Waals surface area contributed by atoms with Gasteiger partial charge >= 0.3 is 5.78 Å². The van der Waals surface area contributed by atoms with Crippen molar-refractivity contribution in [2.45, 2.75) is 20.8 Å². The predicted molar refractivity (Wildman–Crippen MR) is 99.8 cm³/mol. The van der Waals surface area contributed by atoms with Crippen molar-refractivity contribution in [2.24, 2.45) is 0 Å². The van der Waals surface area contributed by atoms with Crippen LogP contribution in [0.25, 0.3) is 22.0 Å². The summed E-state index contributed by atoms with van der Waals surface area (Å²) in [6.07, 6.45) is 3.13. The van der Waals surface area contributed by atoms with Crippen molar-refractivity contribution >= 4 is 16.6 Å². The molecule has 4 heteroatoms. The van der Waals surface area contributed by atoms with Gasteiger partial charge in [-0.05, 0) is 29.5 Å². The van der Waals surface area contributed by atoms with Gasteiger partial charge in [0.25, 0.3) is 0 Å². The molecule has 2 N–H and O–H groups in total. The summed E-state index contributed by atoms with van der Waals surface area (Å²) in [5.74, 6) is 0.250. The minimum absolute atomic E-state index is 0. The van der Waals surface area contributed by atoms with Gasteiger partial charge in [-0.15, -0.1) is 35.4 Å². The van der Waals surface area contributed by atoms with Crippen molar-refractivity contribution in [1.29, 1.82) is 0 Å². The number of carbonyl (C=O) groups excluding carboxylic acids is 1. The molecule has 0 amide bonds. The number of aromatic nitrogens is 1. The summed E-state index contributed by atoms with van der Waals surface area (Å²) in [4.78, 5) is 12.9. The van der Waals surface area contributed by atoms with Gasteiger partial charge in [-0.1, -0.05) is 31.2 Å². The number of hydrogen-bond donors (Lipinski definition) is 1. The monoisotopic (exact) mass is 512 g/mol. The zero-order valence-electron chi connectivity index (χ0n) is 14.4. The van der Waals surface area contributed by atoms with Crippen molar-refractivity contribution in [3.05, 3.63) is 78.2 Å². The molecule has 131 valence electrons. The van der Waals surface area contributed by atoms with Crippen LogP contribution in [0.5, 0.6) is 0 Å². The van der Waals surface area contributed by atoms with E-state index in [1.807, 2.05) is 30.5 Å². The molecule has 0 aliphatic carbocycles. The maximum absolute atomic E-state index is 8.40. The second kappa shape index (κ2) is 9.87. The second-order valence-electron chi connectivity index (χ2n) is 5.59. The van der Waals surface area contributed by atoms with Gasteiger partial charge in [0.2, 0.25) is 0 Å². The number of aryl methyl sites for hydroxylation is 1. The van der Waals surface area contributed by atoms with Gasteiger partial charge < -0.3 is 10.1 Å². The van der Waals surface area contributed by atoms with Crippen LogP contribution in [0.4, 0.5) is 0 Å². The van der Waals surface area contributed by atoms with E-state index < -0.39 is 0 Å². The molecule has 0 spiro atoms. The number of benzene rings is 2. The van der Waals surface area contributed by atoms with Crippen LogP contribution in [-0.2, 0) is 20.1 Å². The summed E-state index contributed by atoms with van der Waals surface area (Å²) in [7, 11) is 0. The molecule has 0 saturated heterocycles. The van der Waals surface area contributed by atoms with E-state index in [1.54, 1.807) is 0 Å². The van der Waals surface area contributed by atoms with Gasteiger partial charge in [-0.2, -0.15) is 0 Å². The molecule has 0 fully saturated rings. The molecule has 3 nitrogen and oxygen atoms in total. The first-order valence-electron chi connectivity index (χ1n) is 7.69. The van der Waals surface area contributed by atoms with Crippen molar-refractivity contribution < 1.29 is 30.0 Å². The zero-order chi connectivity index (χ0) is 17.5. The number of rotatable bonds is 2. The van der Waals surface area contributed by atoms with Crippen molar-refractivity contribution in [3.63, 3.8) is 0 Å². The van der Waals surface area contributed by atoms with Gasteiger partial charge in [0, 0.05) is 26.3 Å². The molecule has 0 aliphatic heterocycles. The first-order chi connectivity index (χ1) is 11.5. The van der Waals surface area contributed by atoms with Crippen LogP contribution in [0.15, 0.2) is 66.6 Å². The summed E-state index contributed by atoms with van der Waals surface area (Å²) in [6.45, 7) is 5.07. The third-order valence-corrected chi connectivity index (χ3v) is 3.31. The maximum atomic E-state index is 8.40. The Labute approximate surface area is 161 Å². The fourth-order valence-electron chi connectivity index (χ4n) is 2.29. The van der Waals surface area contributed by atoms with Gasteiger partial charge in [-0.25, -0.2) is 0 Å². The van der Waals surface area contributed by atoms with Gasteiger partial charge in [0.1, 0.15) is 0 Å². The van der Waals surface area contributed by atoms with E-state index in [4.69, 9.17) is 9.90 Å². The van der Waals surface area contributed by atoms with E-state index in [0.29, 0.717) is 0 Å². The number of fused-ring (bicyclic) bond motifs is 1. The van der Waals surface area contributed by atoms with Crippen molar-refractivity contribution in [2.75, 3.05) is 0 Å². The number of aliphatic hydroxyl groups excluding tert-OH is 1. The van der Waals surface area contributed by atoms with Crippen LogP contribution in [0.2, 0.25) is 0 Å². The number of hydrogen-bond acceptors (Lipinski definition) is 2. The molecule has 1 radical (unpaired) electrons. The smallest absolute Gasteiger partial charge is 0.316 e. The fraction of sp³-hybridized carbons (Fsp3) is 0.143. The Kier molecular flexibility index (Phi) is 8.20. The number of nitrogens with zero attached hydrogens (tertiary/aromatic N) is 1. The van der Waals surface area contributed by atoms with Crippen LogP contribution in [0.3, 0.4) is 0 Å². The SMILES string of the molecule is CC(=[OH+])/C=C(/C)O.Cc1c[c-]c(-c2nccc3ccccc23)cc1.[Ir]. The van der Waals surface area contributed by atoms with Crippen LogP contribution < -0.4 is 0 Å². The molecular formula is C21H21IrNO2. The molecule has 0 aliphatic rings. The van der Waals surface area contributed by atoms with Crippen LogP contribution >= 0.6 is 0 Å². The quantitative estimate of drug-likeness (QED) is 0.227. The third kappa shape index (κ3) is 6.26. The fourth-order valence-corrected chi connectivity index (χ4v) is 2.29. The molecule has 3 rings (SSSR count). The van der Waals surface area contributed by atoms with E-state index >= 15 is 0 Å². The summed E-state index contributed by atoms with van der Waals surface area (Å²) in [5, 5.41) is 10.8. The zero-order valence-corrected chi connectivity index (χ0v) is 16.8. The Morgan fingerprint density at radius 3 is 2.40 bits per heavy atom. The number of ketones is 1. The van der Waals surface area contributed by atoms with Crippen LogP contribution in [0.1, 0.15) is 19.4 Å². The predicted octanol–water partition coefficient (Wildman–Crippen LogP) is 5.02. The molecular weight excluding hydrogens is 490 g/mol. The van der Waals surface area contributed by atoms with Crippen LogP contribution in [0, 0.1) is 13.0 Å². The molecule has 0 atom stereocenters. The first kappa shape index (κ1) is 20.8. The summed E-state index contributed by atoms with van der Waals surface area (Å²) in [6, 6.07) is 19.8. The van der Waals surface area contributed by atoms with Crippen molar-refractivity contribution in [1.82, 2.24) is 4.98 Å². The van der Waals surface area contributed by atoms with E-state index in [9.17, 15) is 0 Å². The largest absolute Gasteiger partial charge is 0.512 e. The molecule has 1 aromatic heterocycles. The summed E-state index contributed by atoms with van der Waals surface area (Å²) < 4.78 is 0. The Morgan fingerprint density at radius 2 is 1.84 bits per heavy atom. The number of pyridine rings is 1. The molecule has 0 saturated carbocycles. The van der Waals surface area contributed by atoms with Gasteiger partial charge in [0.15, 0.2) is 0 Å². The third-order valence-electron chi connectivity index (χ3n) is 3.31. The van der Waals surface area contributed by atoms with E-state index in [-0.39, 0.29) is 31.6 Å². The normalized spacial score (nSPS) is 10.4. The maximum Gasteiger partial charge on any atom is 0.316 e. The molecule has 2 aromatic carbocycles. The van der Waals surface area contributed by atoms with Gasteiger partial charge in [-0.3, -0.25) is 4.79 Å². The first-order valence-corrected chi connectivity index (χ1v) is 7.69. The number of aliphatic hydroxyl groups is 1. The van der Waals surface area contributed by atoms with E-state index in [2.05, 4.69) is 42.2 Å². The minimum atomic E-state index is 0. The molecule has 25 heavy (non-hydrogen) atoms. The summed E-state index contributed by atoms with van der Waals surface area (Å²) in [5.41, 5.74) is 3.27. The van der Waals surface area contributed by atoms with Crippen LogP contribution in [-0.4, -0.2) is 20.7 Å². The molecule has 3 aromatic rings. The van der Waals surface area contributed by atoms with Gasteiger partial charge in [0.05, 0.1) is 18.8 Å². The van der Waals surface area contributed by atoms with E-state index in [1.165, 1.54) is 36.3 Å². The Hall–Kier alpha value is -2.29. The molecule has 0 unspecified atom stereocenters. The number of allylic oxidation sites excluding steroid dienone is 2. The second-order valence-corrected chi connectivity index (χ2v) is 5.59. The standard InChI is InChI=1S/C16H12N.C5H8O2.Ir/c1-12-6-8-14(9-7-12)16-15-5-3-2-4-13(15)10-11-17-16;1-4(6)3-5(2)7;/h2-8,10-11H,1H3;3,6H,1-2H3;/q-1;;/p+1/b;4-3-;. The summed E-state index contributed by atoms with van der Waals surface area (Å²) >= 11 is 0. The molecule has 0 bridgehead atoms. The average Bonchev–Trinajstić information content (AvgIpc) is 2.54. The molecule has 1 heterocycles. The van der Waals surface area contributed by atoms with Crippen molar-refractivity contribution in [3.8, 4) is 11.3 Å². The topological polar surface area (TPSA) is 54.5 Å².